The molecule has 2 amide bonds. The van der Waals surface area contributed by atoms with Crippen LogP contribution in [0.15, 0.2) is 72.8 Å². The number of nitrogens with zero attached hydrogens (tertiary/aromatic N) is 2. The van der Waals surface area contributed by atoms with Crippen LogP contribution in [0.4, 0.5) is 5.69 Å². The molecule has 1 atom stereocenters. The Labute approximate surface area is 231 Å². The Morgan fingerprint density at radius 3 is 2.26 bits per heavy atom. The van der Waals surface area contributed by atoms with E-state index in [9.17, 15) is 18.0 Å². The standard InChI is InChI=1S/C30H37N3O5S/c1-6-31-30(35)28(19-24-11-8-7-9-12-24)32(20-25-13-10-14-26(18-25)38-4)29(34)21-33(39(5,36)37)27-16-15-22(2)17-23(27)3/h7-18,28H,6,19-21H2,1-5H3,(H,31,35)/t28-/m1/s1. The number of aryl methyl sites for hydroxylation is 2. The van der Waals surface area contributed by atoms with E-state index in [1.54, 1.807) is 25.3 Å². The minimum atomic E-state index is -3.82. The number of carbonyl (C=O) groups excluding carboxylic acids is 2. The minimum Gasteiger partial charge on any atom is -0.497 e. The quantitative estimate of drug-likeness (QED) is 0.369. The van der Waals surface area contributed by atoms with Gasteiger partial charge in [0.05, 0.1) is 19.1 Å². The molecule has 0 fully saturated rings. The Morgan fingerprint density at radius 2 is 1.64 bits per heavy atom. The fourth-order valence-electron chi connectivity index (χ4n) is 4.49. The molecule has 0 aromatic heterocycles. The molecule has 0 saturated carbocycles. The van der Waals surface area contributed by atoms with Gasteiger partial charge in [-0.05, 0) is 55.7 Å². The first kappa shape index (κ1) is 29.7. The van der Waals surface area contributed by atoms with Crippen LogP contribution in [0.3, 0.4) is 0 Å². The van der Waals surface area contributed by atoms with Gasteiger partial charge < -0.3 is 15.0 Å². The third kappa shape index (κ3) is 8.07. The number of likely N-dealkylation sites (N-methyl/N-ethyl adjacent to an activating group) is 1. The fraction of sp³-hybridized carbons (Fsp3) is 0.333. The van der Waals surface area contributed by atoms with Gasteiger partial charge in [0.25, 0.3) is 0 Å². The van der Waals surface area contributed by atoms with Crippen LogP contribution in [-0.4, -0.2) is 57.6 Å². The van der Waals surface area contributed by atoms with Gasteiger partial charge in [0.15, 0.2) is 0 Å². The second kappa shape index (κ2) is 13.3. The van der Waals surface area contributed by atoms with Crippen molar-refractivity contribution >= 4 is 27.5 Å². The average molecular weight is 552 g/mol. The molecule has 0 heterocycles. The summed E-state index contributed by atoms with van der Waals surface area (Å²) >= 11 is 0. The van der Waals surface area contributed by atoms with Crippen LogP contribution in [-0.2, 0) is 32.6 Å². The Hall–Kier alpha value is -3.85. The van der Waals surface area contributed by atoms with Crippen LogP contribution < -0.4 is 14.4 Å². The van der Waals surface area contributed by atoms with E-state index in [2.05, 4.69) is 5.32 Å². The van der Waals surface area contributed by atoms with Crippen molar-refractivity contribution in [1.82, 2.24) is 10.2 Å². The van der Waals surface area contributed by atoms with Gasteiger partial charge in [-0.25, -0.2) is 8.42 Å². The minimum absolute atomic E-state index is 0.0924. The molecule has 0 saturated heterocycles. The molecule has 0 unspecified atom stereocenters. The number of methoxy groups -OCH3 is 1. The van der Waals surface area contributed by atoms with Crippen LogP contribution in [0.1, 0.15) is 29.2 Å². The van der Waals surface area contributed by atoms with Crippen LogP contribution >= 0.6 is 0 Å². The molecule has 3 rings (SSSR count). The molecule has 0 aliphatic carbocycles. The summed E-state index contributed by atoms with van der Waals surface area (Å²) in [6.45, 7) is 5.59. The first-order valence-corrected chi connectivity index (χ1v) is 14.7. The van der Waals surface area contributed by atoms with Crippen molar-refractivity contribution in [2.75, 3.05) is 30.8 Å². The number of benzene rings is 3. The lowest BCUT2D eigenvalue weighted by molar-refractivity contribution is -0.140. The molecule has 3 aromatic rings. The maximum atomic E-state index is 14.1. The zero-order chi connectivity index (χ0) is 28.6. The van der Waals surface area contributed by atoms with E-state index < -0.39 is 28.5 Å². The summed E-state index contributed by atoms with van der Waals surface area (Å²) in [7, 11) is -2.26. The van der Waals surface area contributed by atoms with Crippen molar-refractivity contribution in [1.29, 1.82) is 0 Å². The smallest absolute Gasteiger partial charge is 0.244 e. The van der Waals surface area contributed by atoms with E-state index >= 15 is 0 Å². The molecule has 9 heteroatoms. The number of ether oxygens (including phenoxy) is 1. The monoisotopic (exact) mass is 551 g/mol. The van der Waals surface area contributed by atoms with Crippen molar-refractivity contribution in [2.45, 2.75) is 39.8 Å². The second-order valence-electron chi connectivity index (χ2n) is 9.53. The summed E-state index contributed by atoms with van der Waals surface area (Å²) in [6, 6.07) is 21.2. The van der Waals surface area contributed by atoms with Gasteiger partial charge in [-0.2, -0.15) is 0 Å². The number of hydrogen-bond acceptors (Lipinski definition) is 5. The van der Waals surface area contributed by atoms with Gasteiger partial charge in [-0.1, -0.05) is 60.2 Å². The summed E-state index contributed by atoms with van der Waals surface area (Å²) in [6.07, 6.45) is 1.35. The maximum absolute atomic E-state index is 14.1. The molecule has 0 bridgehead atoms. The van der Waals surface area contributed by atoms with E-state index in [1.165, 1.54) is 4.90 Å². The Morgan fingerprint density at radius 1 is 0.949 bits per heavy atom. The average Bonchev–Trinajstić information content (AvgIpc) is 2.90. The molecule has 0 aliphatic rings. The summed E-state index contributed by atoms with van der Waals surface area (Å²) in [5, 5.41) is 2.85. The molecule has 0 radical (unpaired) electrons. The van der Waals surface area contributed by atoms with Crippen molar-refractivity contribution in [3.05, 3.63) is 95.1 Å². The first-order chi connectivity index (χ1) is 18.5. The van der Waals surface area contributed by atoms with E-state index in [-0.39, 0.29) is 18.9 Å². The lowest BCUT2D eigenvalue weighted by Gasteiger charge is -2.33. The molecular formula is C30H37N3O5S. The molecular weight excluding hydrogens is 514 g/mol. The van der Waals surface area contributed by atoms with E-state index in [4.69, 9.17) is 4.74 Å². The number of carbonyl (C=O) groups is 2. The van der Waals surface area contributed by atoms with Crippen molar-refractivity contribution in [3.8, 4) is 5.75 Å². The first-order valence-electron chi connectivity index (χ1n) is 12.8. The highest BCUT2D eigenvalue weighted by Crippen LogP contribution is 2.25. The van der Waals surface area contributed by atoms with E-state index in [1.807, 2.05) is 75.4 Å². The molecule has 8 nitrogen and oxygen atoms in total. The van der Waals surface area contributed by atoms with Gasteiger partial charge in [0.2, 0.25) is 21.8 Å². The van der Waals surface area contributed by atoms with Gasteiger partial charge in [0, 0.05) is 19.5 Å². The Balaban J connectivity index is 2.07. The van der Waals surface area contributed by atoms with Crippen LogP contribution in [0.25, 0.3) is 0 Å². The number of anilines is 1. The molecule has 0 spiro atoms. The van der Waals surface area contributed by atoms with Crippen LogP contribution in [0.2, 0.25) is 0 Å². The molecule has 208 valence electrons. The van der Waals surface area contributed by atoms with E-state index in [0.29, 0.717) is 18.0 Å². The lowest BCUT2D eigenvalue weighted by Crippen LogP contribution is -2.53. The molecule has 1 N–H and O–H groups in total. The van der Waals surface area contributed by atoms with Crippen molar-refractivity contribution in [3.63, 3.8) is 0 Å². The highest BCUT2D eigenvalue weighted by Gasteiger charge is 2.33. The molecule has 3 aromatic carbocycles. The topological polar surface area (TPSA) is 96.0 Å². The number of sulfonamides is 1. The Bertz CT molecular complexity index is 1390. The maximum Gasteiger partial charge on any atom is 0.244 e. The predicted molar refractivity (Wildman–Crippen MR) is 154 cm³/mol. The van der Waals surface area contributed by atoms with E-state index in [0.717, 1.165) is 32.8 Å². The summed E-state index contributed by atoms with van der Waals surface area (Å²) in [5.41, 5.74) is 3.77. The third-order valence-corrected chi connectivity index (χ3v) is 7.54. The largest absolute Gasteiger partial charge is 0.497 e. The van der Waals surface area contributed by atoms with Gasteiger partial charge >= 0.3 is 0 Å². The predicted octanol–water partition coefficient (Wildman–Crippen LogP) is 3.85. The van der Waals surface area contributed by atoms with Crippen LogP contribution in [0.5, 0.6) is 5.75 Å². The number of nitrogens with one attached hydrogen (secondary N) is 1. The molecule has 0 aliphatic heterocycles. The summed E-state index contributed by atoms with van der Waals surface area (Å²) < 4.78 is 32.3. The highest BCUT2D eigenvalue weighted by molar-refractivity contribution is 7.92. The van der Waals surface area contributed by atoms with Gasteiger partial charge in [-0.15, -0.1) is 0 Å². The number of rotatable bonds is 12. The van der Waals surface area contributed by atoms with Gasteiger partial charge in [-0.3, -0.25) is 13.9 Å². The van der Waals surface area contributed by atoms with Gasteiger partial charge in [0.1, 0.15) is 18.3 Å². The SMILES string of the molecule is CCNC(=O)[C@@H](Cc1ccccc1)N(Cc1cccc(OC)c1)C(=O)CN(c1ccc(C)cc1C)S(C)(=O)=O. The zero-order valence-electron chi connectivity index (χ0n) is 23.2. The van der Waals surface area contributed by atoms with Crippen molar-refractivity contribution < 1.29 is 22.7 Å². The lowest BCUT2D eigenvalue weighted by atomic mass is 10.0. The second-order valence-corrected chi connectivity index (χ2v) is 11.4. The molecule has 39 heavy (non-hydrogen) atoms. The number of hydrogen-bond donors (Lipinski definition) is 1. The normalized spacial score (nSPS) is 11.9. The summed E-state index contributed by atoms with van der Waals surface area (Å²) in [5.74, 6) is -0.184. The third-order valence-electron chi connectivity index (χ3n) is 6.41. The Kier molecular flexibility index (Phi) is 10.1. The van der Waals surface area contributed by atoms with Crippen LogP contribution in [0, 0.1) is 13.8 Å². The van der Waals surface area contributed by atoms with Crippen molar-refractivity contribution in [2.24, 2.45) is 0 Å². The highest BCUT2D eigenvalue weighted by atomic mass is 32.2. The summed E-state index contributed by atoms with van der Waals surface area (Å²) in [4.78, 5) is 28.9. The zero-order valence-corrected chi connectivity index (χ0v) is 24.0. The number of amides is 2. The fourth-order valence-corrected chi connectivity index (χ4v) is 5.40.